The summed E-state index contributed by atoms with van der Waals surface area (Å²) in [6.45, 7) is 0. The Kier molecular flexibility index (Phi) is 6.30. The molecular formula is C18H23N3O4S2. The second-order valence-corrected chi connectivity index (χ2v) is 9.94. The predicted octanol–water partition coefficient (Wildman–Crippen LogP) is 2.42. The highest BCUT2D eigenvalue weighted by Crippen LogP contribution is 2.29. The van der Waals surface area contributed by atoms with E-state index in [-0.39, 0.29) is 10.6 Å². The van der Waals surface area contributed by atoms with E-state index in [2.05, 4.69) is 4.72 Å². The van der Waals surface area contributed by atoms with Gasteiger partial charge in [-0.15, -0.1) is 0 Å². The molecule has 0 saturated carbocycles. The van der Waals surface area contributed by atoms with Crippen molar-refractivity contribution < 1.29 is 16.8 Å². The number of hydrogen-bond acceptors (Lipinski definition) is 5. The molecule has 0 spiro atoms. The Hall–Kier alpha value is -2.36. The van der Waals surface area contributed by atoms with E-state index in [0.29, 0.717) is 5.69 Å². The molecule has 0 radical (unpaired) electrons. The van der Waals surface area contributed by atoms with E-state index in [1.807, 2.05) is 6.07 Å². The maximum Gasteiger partial charge on any atom is 0.255 e. The Labute approximate surface area is 161 Å². The first-order valence-electron chi connectivity index (χ1n) is 8.03. The molecule has 27 heavy (non-hydrogen) atoms. The topological polar surface area (TPSA) is 86.8 Å². The van der Waals surface area contributed by atoms with Gasteiger partial charge in [0.2, 0.25) is 10.0 Å². The first-order valence-corrected chi connectivity index (χ1v) is 11.0. The minimum absolute atomic E-state index is 0.00263. The van der Waals surface area contributed by atoms with Crippen molar-refractivity contribution >= 4 is 37.5 Å². The third kappa shape index (κ3) is 5.31. The molecule has 1 N–H and O–H groups in total. The van der Waals surface area contributed by atoms with Crippen molar-refractivity contribution in [2.24, 2.45) is 0 Å². The lowest BCUT2D eigenvalue weighted by Gasteiger charge is -2.20. The number of hydrogen-bond donors (Lipinski definition) is 1. The highest BCUT2D eigenvalue weighted by Gasteiger charge is 2.20. The van der Waals surface area contributed by atoms with E-state index in [1.54, 1.807) is 49.3 Å². The molecule has 2 rings (SSSR count). The van der Waals surface area contributed by atoms with Crippen molar-refractivity contribution in [3.63, 3.8) is 0 Å². The molecular weight excluding hydrogens is 386 g/mol. The lowest BCUT2D eigenvalue weighted by atomic mass is 10.2. The van der Waals surface area contributed by atoms with E-state index in [1.165, 1.54) is 32.3 Å². The Morgan fingerprint density at radius 3 is 2.07 bits per heavy atom. The van der Waals surface area contributed by atoms with Gasteiger partial charge in [-0.1, -0.05) is 30.3 Å². The molecule has 0 fully saturated rings. The van der Waals surface area contributed by atoms with Gasteiger partial charge in [0, 0.05) is 28.2 Å². The first kappa shape index (κ1) is 20.9. The van der Waals surface area contributed by atoms with Gasteiger partial charge >= 0.3 is 0 Å². The summed E-state index contributed by atoms with van der Waals surface area (Å²) >= 11 is 0. The third-order valence-electron chi connectivity index (χ3n) is 3.72. The second-order valence-electron chi connectivity index (χ2n) is 6.22. The number of nitrogens with one attached hydrogen (secondary N) is 1. The van der Waals surface area contributed by atoms with E-state index < -0.39 is 20.0 Å². The molecule has 0 atom stereocenters. The third-order valence-corrected chi connectivity index (χ3v) is 6.53. The van der Waals surface area contributed by atoms with Crippen LogP contribution in [-0.2, 0) is 20.0 Å². The zero-order chi connectivity index (χ0) is 20.2. The Balaban J connectivity index is 2.42. The maximum atomic E-state index is 12.5. The van der Waals surface area contributed by atoms with Crippen molar-refractivity contribution in [2.75, 3.05) is 37.8 Å². The van der Waals surface area contributed by atoms with Crippen molar-refractivity contribution in [1.82, 2.24) is 4.31 Å². The highest BCUT2D eigenvalue weighted by molar-refractivity contribution is 7.95. The van der Waals surface area contributed by atoms with Crippen molar-refractivity contribution in [3.8, 4) is 0 Å². The normalized spacial score (nSPS) is 12.5. The van der Waals surface area contributed by atoms with Crippen LogP contribution in [0.15, 0.2) is 58.8 Å². The number of rotatable bonds is 7. The van der Waals surface area contributed by atoms with Gasteiger partial charge in [-0.25, -0.2) is 21.1 Å². The Bertz CT molecular complexity index is 1030. The Morgan fingerprint density at radius 2 is 1.52 bits per heavy atom. The predicted molar refractivity (Wildman–Crippen MR) is 110 cm³/mol. The van der Waals surface area contributed by atoms with Crippen LogP contribution < -0.4 is 9.62 Å². The molecule has 146 valence electrons. The molecule has 2 aromatic carbocycles. The minimum atomic E-state index is -3.84. The second kappa shape index (κ2) is 8.12. The molecule has 2 aromatic rings. The largest absolute Gasteiger partial charge is 0.376 e. The van der Waals surface area contributed by atoms with Gasteiger partial charge < -0.3 is 4.90 Å². The number of nitrogens with zero attached hydrogens (tertiary/aromatic N) is 2. The lowest BCUT2D eigenvalue weighted by molar-refractivity contribution is 0.521. The number of anilines is 2. The molecule has 9 heteroatoms. The number of benzene rings is 2. The van der Waals surface area contributed by atoms with Crippen LogP contribution in [0.5, 0.6) is 0 Å². The molecule has 0 aliphatic carbocycles. The number of sulfonamides is 2. The summed E-state index contributed by atoms with van der Waals surface area (Å²) in [5.74, 6) is 0. The van der Waals surface area contributed by atoms with Crippen LogP contribution in [0, 0.1) is 0 Å². The fraction of sp³-hybridized carbons (Fsp3) is 0.222. The minimum Gasteiger partial charge on any atom is -0.376 e. The van der Waals surface area contributed by atoms with Crippen LogP contribution in [0.2, 0.25) is 0 Å². The molecule has 0 amide bonds. The van der Waals surface area contributed by atoms with Gasteiger partial charge in [-0.05, 0) is 29.8 Å². The van der Waals surface area contributed by atoms with Crippen molar-refractivity contribution in [3.05, 3.63) is 59.5 Å². The quantitative estimate of drug-likeness (QED) is 0.759. The Morgan fingerprint density at radius 1 is 0.889 bits per heavy atom. The standard InChI is InChI=1S/C18H23N3O4S2/c1-20(2)18-11-10-16(27(24,25)21(3)4)14-17(18)19-26(22,23)13-12-15-8-6-5-7-9-15/h5-14,19H,1-4H3/b13-12+. The molecule has 0 bridgehead atoms. The van der Waals surface area contributed by atoms with Crippen LogP contribution in [-0.4, -0.2) is 49.3 Å². The van der Waals surface area contributed by atoms with E-state index in [4.69, 9.17) is 0 Å². The van der Waals surface area contributed by atoms with Gasteiger partial charge in [0.05, 0.1) is 21.7 Å². The SMILES string of the molecule is CN(C)c1ccc(S(=O)(=O)N(C)C)cc1NS(=O)(=O)/C=C/c1ccccc1. The summed E-state index contributed by atoms with van der Waals surface area (Å²) in [6, 6.07) is 13.3. The van der Waals surface area contributed by atoms with Gasteiger partial charge in [0.1, 0.15) is 0 Å². The van der Waals surface area contributed by atoms with E-state index >= 15 is 0 Å². The van der Waals surface area contributed by atoms with Crippen LogP contribution in [0.3, 0.4) is 0 Å². The summed E-state index contributed by atoms with van der Waals surface area (Å²) in [4.78, 5) is 1.70. The van der Waals surface area contributed by atoms with E-state index in [9.17, 15) is 16.8 Å². The van der Waals surface area contributed by atoms with Crippen LogP contribution >= 0.6 is 0 Å². The average Bonchev–Trinajstić information content (AvgIpc) is 2.60. The zero-order valence-electron chi connectivity index (χ0n) is 15.6. The fourth-order valence-electron chi connectivity index (χ4n) is 2.28. The molecule has 0 aliphatic heterocycles. The summed E-state index contributed by atoms with van der Waals surface area (Å²) in [5, 5.41) is 1.05. The van der Waals surface area contributed by atoms with Gasteiger partial charge in [0.25, 0.3) is 10.0 Å². The zero-order valence-corrected chi connectivity index (χ0v) is 17.3. The van der Waals surface area contributed by atoms with E-state index in [0.717, 1.165) is 15.3 Å². The molecule has 0 unspecified atom stereocenters. The molecule has 7 nitrogen and oxygen atoms in total. The molecule has 0 aliphatic rings. The summed E-state index contributed by atoms with van der Waals surface area (Å²) in [5.41, 5.74) is 1.46. The maximum absolute atomic E-state index is 12.5. The molecule has 0 saturated heterocycles. The van der Waals surface area contributed by atoms with Gasteiger partial charge in [0.15, 0.2) is 0 Å². The van der Waals surface area contributed by atoms with Crippen molar-refractivity contribution in [1.29, 1.82) is 0 Å². The summed E-state index contributed by atoms with van der Waals surface area (Å²) in [6.07, 6.45) is 1.47. The smallest absolute Gasteiger partial charge is 0.255 e. The van der Waals surface area contributed by atoms with Gasteiger partial charge in [-0.3, -0.25) is 4.72 Å². The van der Waals surface area contributed by atoms with Gasteiger partial charge in [-0.2, -0.15) is 0 Å². The monoisotopic (exact) mass is 409 g/mol. The summed E-state index contributed by atoms with van der Waals surface area (Å²) in [7, 11) is -1.20. The average molecular weight is 410 g/mol. The molecule has 0 heterocycles. The van der Waals surface area contributed by atoms with Crippen LogP contribution in [0.4, 0.5) is 11.4 Å². The molecule has 0 aromatic heterocycles. The fourth-order valence-corrected chi connectivity index (χ4v) is 4.08. The van der Waals surface area contributed by atoms with Crippen molar-refractivity contribution in [2.45, 2.75) is 4.90 Å². The van der Waals surface area contributed by atoms with Crippen LogP contribution in [0.1, 0.15) is 5.56 Å². The van der Waals surface area contributed by atoms with Crippen LogP contribution in [0.25, 0.3) is 6.08 Å². The first-order chi connectivity index (χ1) is 12.5. The highest BCUT2D eigenvalue weighted by atomic mass is 32.2. The summed E-state index contributed by atoms with van der Waals surface area (Å²) < 4.78 is 53.2. The lowest BCUT2D eigenvalue weighted by Crippen LogP contribution is -2.23.